The van der Waals surface area contributed by atoms with Crippen LogP contribution in [0.5, 0.6) is 11.5 Å². The second-order valence-corrected chi connectivity index (χ2v) is 7.77. The molecule has 1 amide bonds. The van der Waals surface area contributed by atoms with Gasteiger partial charge in [0.25, 0.3) is 0 Å². The van der Waals surface area contributed by atoms with Gasteiger partial charge in [-0.1, -0.05) is 25.5 Å². The normalized spacial score (nSPS) is 11.6. The van der Waals surface area contributed by atoms with Gasteiger partial charge in [0.2, 0.25) is 5.91 Å². The predicted octanol–water partition coefficient (Wildman–Crippen LogP) is 6.53. The van der Waals surface area contributed by atoms with Crippen LogP contribution in [0.1, 0.15) is 51.7 Å². The Morgan fingerprint density at radius 2 is 1.81 bits per heavy atom. The summed E-state index contributed by atoms with van der Waals surface area (Å²) < 4.78 is 17.5. The van der Waals surface area contributed by atoms with E-state index in [0.29, 0.717) is 19.8 Å². The Morgan fingerprint density at radius 3 is 2.47 bits per heavy atom. The fourth-order valence-corrected chi connectivity index (χ4v) is 3.77. The zero-order chi connectivity index (χ0) is 23.1. The van der Waals surface area contributed by atoms with Gasteiger partial charge in [0.15, 0.2) is 0 Å². The van der Waals surface area contributed by atoms with Crippen LogP contribution < -0.4 is 14.8 Å². The fraction of sp³-hybridized carbons (Fsp3) is 0.370. The summed E-state index contributed by atoms with van der Waals surface area (Å²) in [6.45, 7) is 11.8. The van der Waals surface area contributed by atoms with E-state index < -0.39 is 0 Å². The van der Waals surface area contributed by atoms with Gasteiger partial charge in [0.1, 0.15) is 17.1 Å². The standard InChI is InChI=1S/C27H33NO4/c1-6-9-14-28-25(29)15-18(4)22-16-23-24(20-10-12-21(13-11-20)30-7-2)17-32-27(23)19(5)26(22)31-8-3/h10-13,15-17H,6-9,14H2,1-5H3,(H,28,29)/b18-15+. The van der Waals surface area contributed by atoms with Crippen molar-refractivity contribution in [2.75, 3.05) is 19.8 Å². The third kappa shape index (κ3) is 5.16. The highest BCUT2D eigenvalue weighted by atomic mass is 16.5. The Balaban J connectivity index is 2.06. The molecule has 0 spiro atoms. The number of hydrogen-bond acceptors (Lipinski definition) is 4. The molecule has 3 rings (SSSR count). The number of ether oxygens (including phenoxy) is 2. The molecule has 170 valence electrons. The van der Waals surface area contributed by atoms with Crippen molar-refractivity contribution in [3.63, 3.8) is 0 Å². The Morgan fingerprint density at radius 1 is 1.09 bits per heavy atom. The van der Waals surface area contributed by atoms with Crippen LogP contribution >= 0.6 is 0 Å². The van der Waals surface area contributed by atoms with E-state index in [1.807, 2.05) is 52.0 Å². The Hall–Kier alpha value is -3.21. The van der Waals surface area contributed by atoms with Crippen molar-refractivity contribution in [3.8, 4) is 22.6 Å². The minimum absolute atomic E-state index is 0.0879. The summed E-state index contributed by atoms with van der Waals surface area (Å²) in [5.74, 6) is 1.50. The van der Waals surface area contributed by atoms with Gasteiger partial charge in [0, 0.05) is 34.7 Å². The van der Waals surface area contributed by atoms with E-state index in [4.69, 9.17) is 13.9 Å². The number of amides is 1. The fourth-order valence-electron chi connectivity index (χ4n) is 3.77. The summed E-state index contributed by atoms with van der Waals surface area (Å²) >= 11 is 0. The number of nitrogens with one attached hydrogen (secondary N) is 1. The highest BCUT2D eigenvalue weighted by Gasteiger charge is 2.19. The van der Waals surface area contributed by atoms with Crippen molar-refractivity contribution in [2.45, 2.75) is 47.5 Å². The molecule has 0 bridgehead atoms. The van der Waals surface area contributed by atoms with E-state index in [2.05, 4.69) is 18.3 Å². The van der Waals surface area contributed by atoms with Crippen LogP contribution in [0.4, 0.5) is 0 Å². The van der Waals surface area contributed by atoms with Crippen LogP contribution in [0.2, 0.25) is 0 Å². The molecule has 0 radical (unpaired) electrons. The zero-order valence-corrected chi connectivity index (χ0v) is 19.7. The first kappa shape index (κ1) is 23.5. The lowest BCUT2D eigenvalue weighted by molar-refractivity contribution is -0.116. The molecule has 0 aliphatic rings. The summed E-state index contributed by atoms with van der Waals surface area (Å²) in [7, 11) is 0. The molecule has 0 atom stereocenters. The lowest BCUT2D eigenvalue weighted by atomic mass is 9.96. The third-order valence-corrected chi connectivity index (χ3v) is 5.41. The molecule has 0 saturated heterocycles. The van der Waals surface area contributed by atoms with Gasteiger partial charge in [0.05, 0.1) is 19.5 Å². The Bertz CT molecular complexity index is 1090. The number of benzene rings is 2. The molecule has 0 saturated carbocycles. The average molecular weight is 436 g/mol. The second-order valence-electron chi connectivity index (χ2n) is 7.77. The summed E-state index contributed by atoms with van der Waals surface area (Å²) in [6, 6.07) is 10.1. The maximum Gasteiger partial charge on any atom is 0.244 e. The van der Waals surface area contributed by atoms with Crippen molar-refractivity contribution < 1.29 is 18.7 Å². The Labute approximate surface area is 190 Å². The number of fused-ring (bicyclic) bond motifs is 1. The quantitative estimate of drug-likeness (QED) is 0.291. The van der Waals surface area contributed by atoms with Gasteiger partial charge in [-0.15, -0.1) is 0 Å². The minimum Gasteiger partial charge on any atom is -0.494 e. The minimum atomic E-state index is -0.0879. The molecule has 32 heavy (non-hydrogen) atoms. The second kappa shape index (κ2) is 10.9. The van der Waals surface area contributed by atoms with E-state index in [9.17, 15) is 4.79 Å². The van der Waals surface area contributed by atoms with Gasteiger partial charge in [-0.3, -0.25) is 4.79 Å². The number of aryl methyl sites for hydroxylation is 1. The van der Waals surface area contributed by atoms with Gasteiger partial charge >= 0.3 is 0 Å². The molecule has 0 aliphatic heterocycles. The molecule has 0 aliphatic carbocycles. The van der Waals surface area contributed by atoms with E-state index in [0.717, 1.165) is 63.1 Å². The maximum atomic E-state index is 12.4. The zero-order valence-electron chi connectivity index (χ0n) is 19.7. The van der Waals surface area contributed by atoms with Crippen LogP contribution in [0.3, 0.4) is 0 Å². The topological polar surface area (TPSA) is 60.7 Å². The number of unbranched alkanes of at least 4 members (excludes halogenated alkanes) is 1. The highest BCUT2D eigenvalue weighted by Crippen LogP contribution is 2.41. The van der Waals surface area contributed by atoms with Crippen LogP contribution in [-0.4, -0.2) is 25.7 Å². The summed E-state index contributed by atoms with van der Waals surface area (Å²) in [6.07, 6.45) is 5.44. The largest absolute Gasteiger partial charge is 0.494 e. The molecule has 1 heterocycles. The molecule has 3 aromatic rings. The third-order valence-electron chi connectivity index (χ3n) is 5.41. The van der Waals surface area contributed by atoms with E-state index in [1.165, 1.54) is 0 Å². The average Bonchev–Trinajstić information content (AvgIpc) is 3.21. The molecule has 5 heteroatoms. The van der Waals surface area contributed by atoms with Crippen molar-refractivity contribution in [1.82, 2.24) is 5.32 Å². The van der Waals surface area contributed by atoms with Crippen molar-refractivity contribution in [3.05, 3.63) is 53.8 Å². The number of hydrogen-bond donors (Lipinski definition) is 1. The molecule has 1 aromatic heterocycles. The van der Waals surface area contributed by atoms with Crippen LogP contribution in [0.25, 0.3) is 27.7 Å². The summed E-state index contributed by atoms with van der Waals surface area (Å²) in [4.78, 5) is 12.4. The smallest absolute Gasteiger partial charge is 0.244 e. The van der Waals surface area contributed by atoms with Crippen LogP contribution in [0, 0.1) is 6.92 Å². The molecule has 5 nitrogen and oxygen atoms in total. The lowest BCUT2D eigenvalue weighted by Crippen LogP contribution is -2.22. The first-order valence-corrected chi connectivity index (χ1v) is 11.4. The van der Waals surface area contributed by atoms with Crippen molar-refractivity contribution in [1.29, 1.82) is 0 Å². The molecular formula is C27H33NO4. The molecule has 0 fully saturated rings. The number of carbonyl (C=O) groups is 1. The highest BCUT2D eigenvalue weighted by molar-refractivity contribution is 6.01. The van der Waals surface area contributed by atoms with E-state index in [1.54, 1.807) is 12.3 Å². The summed E-state index contributed by atoms with van der Waals surface area (Å²) in [5.41, 5.74) is 5.51. The van der Waals surface area contributed by atoms with Gasteiger partial charge < -0.3 is 19.2 Å². The van der Waals surface area contributed by atoms with E-state index in [-0.39, 0.29) is 5.91 Å². The first-order valence-electron chi connectivity index (χ1n) is 11.4. The van der Waals surface area contributed by atoms with E-state index >= 15 is 0 Å². The Kier molecular flexibility index (Phi) is 7.98. The molecule has 1 N–H and O–H groups in total. The first-order chi connectivity index (χ1) is 15.5. The number of allylic oxidation sites excluding steroid dienone is 1. The van der Waals surface area contributed by atoms with Gasteiger partial charge in [-0.2, -0.15) is 0 Å². The summed E-state index contributed by atoms with van der Waals surface area (Å²) in [5, 5.41) is 3.94. The van der Waals surface area contributed by atoms with Crippen molar-refractivity contribution in [2.24, 2.45) is 0 Å². The number of furan rings is 1. The van der Waals surface area contributed by atoms with Crippen LogP contribution in [-0.2, 0) is 4.79 Å². The maximum absolute atomic E-state index is 12.4. The lowest BCUT2D eigenvalue weighted by Gasteiger charge is -2.15. The van der Waals surface area contributed by atoms with Gasteiger partial charge in [-0.05, 0) is 63.5 Å². The molecular weight excluding hydrogens is 402 g/mol. The SMILES string of the molecule is CCCCNC(=O)/C=C(\C)c1cc2c(-c3ccc(OCC)cc3)coc2c(C)c1OCC. The van der Waals surface area contributed by atoms with Crippen LogP contribution in [0.15, 0.2) is 47.1 Å². The predicted molar refractivity (Wildman–Crippen MR) is 130 cm³/mol. The molecule has 0 unspecified atom stereocenters. The monoisotopic (exact) mass is 435 g/mol. The number of rotatable bonds is 10. The molecule has 2 aromatic carbocycles. The number of carbonyl (C=O) groups excluding carboxylic acids is 1. The van der Waals surface area contributed by atoms with Gasteiger partial charge in [-0.25, -0.2) is 0 Å². The van der Waals surface area contributed by atoms with Crippen molar-refractivity contribution >= 4 is 22.4 Å².